The Morgan fingerprint density at radius 1 is 0.850 bits per heavy atom. The Bertz CT molecular complexity index is 487. The maximum atomic E-state index is 12.6. The van der Waals surface area contributed by atoms with E-state index in [0.29, 0.717) is 13.1 Å². The average molecular weight is 270 g/mol. The summed E-state index contributed by atoms with van der Waals surface area (Å²) in [6.07, 6.45) is 11.3. The number of carbonyl (C=O) groups is 2. The highest BCUT2D eigenvalue weighted by atomic mass is 16.2. The van der Waals surface area contributed by atoms with Gasteiger partial charge in [-0.25, -0.2) is 0 Å². The fourth-order valence-corrected chi connectivity index (χ4v) is 3.36. The van der Waals surface area contributed by atoms with Gasteiger partial charge in [-0.05, 0) is 0 Å². The Kier molecular flexibility index (Phi) is 3.08. The lowest BCUT2D eigenvalue weighted by Crippen LogP contribution is -2.62. The zero-order valence-electron chi connectivity index (χ0n) is 11.3. The third-order valence-electron chi connectivity index (χ3n) is 4.27. The van der Waals surface area contributed by atoms with Crippen molar-refractivity contribution < 1.29 is 9.59 Å². The van der Waals surface area contributed by atoms with Crippen LogP contribution in [0.25, 0.3) is 0 Å². The predicted octanol–water partition coefficient (Wildman–Crippen LogP) is 1.14. The molecule has 0 N–H and O–H groups in total. The van der Waals surface area contributed by atoms with Crippen LogP contribution in [0.1, 0.15) is 0 Å². The minimum atomic E-state index is -0.299. The van der Waals surface area contributed by atoms with Crippen molar-refractivity contribution in [3.63, 3.8) is 0 Å². The lowest BCUT2D eigenvalue weighted by molar-refractivity contribution is -0.149. The number of hydrogen-bond donors (Lipinski definition) is 0. The van der Waals surface area contributed by atoms with Gasteiger partial charge < -0.3 is 9.80 Å². The summed E-state index contributed by atoms with van der Waals surface area (Å²) in [4.78, 5) is 28.8. The molecule has 0 aromatic carbocycles. The summed E-state index contributed by atoms with van der Waals surface area (Å²) in [7, 11) is 0. The second kappa shape index (κ2) is 4.78. The van der Waals surface area contributed by atoms with Gasteiger partial charge in [-0.3, -0.25) is 9.59 Å². The standard InChI is InChI=1S/C16H18N2O2/c1-3-9-17-13-7-5-12(15(17)19)14-8-6-11(13)16(20)18(14)10-4-2/h3-8,11-14H,1-2,9-10H2/t11-,12+,13-,14-/m0/s1. The molecule has 6 rings (SSSR count). The molecule has 0 aromatic heterocycles. The van der Waals surface area contributed by atoms with E-state index in [1.54, 1.807) is 22.0 Å². The molecule has 0 radical (unpaired) electrons. The highest BCUT2D eigenvalue weighted by Crippen LogP contribution is 2.36. The molecule has 0 aromatic rings. The minimum absolute atomic E-state index is 0.0818. The van der Waals surface area contributed by atoms with E-state index in [1.807, 2.05) is 24.3 Å². The number of carbonyl (C=O) groups excluding carboxylic acids is 2. The van der Waals surface area contributed by atoms with Crippen molar-refractivity contribution in [2.24, 2.45) is 11.8 Å². The van der Waals surface area contributed by atoms with E-state index in [1.165, 1.54) is 0 Å². The van der Waals surface area contributed by atoms with Crippen LogP contribution in [0.2, 0.25) is 0 Å². The van der Waals surface area contributed by atoms with E-state index in [2.05, 4.69) is 13.2 Å². The molecule has 4 nitrogen and oxygen atoms in total. The molecule has 6 aliphatic rings. The molecule has 4 heteroatoms. The molecule has 0 spiro atoms. The lowest BCUT2D eigenvalue weighted by atomic mass is 9.78. The van der Waals surface area contributed by atoms with E-state index in [-0.39, 0.29) is 35.7 Å². The average Bonchev–Trinajstić information content (AvgIpc) is 2.41. The topological polar surface area (TPSA) is 40.6 Å². The van der Waals surface area contributed by atoms with E-state index >= 15 is 0 Å². The Labute approximate surface area is 118 Å². The summed E-state index contributed by atoms with van der Waals surface area (Å²) in [5, 5.41) is 0. The van der Waals surface area contributed by atoms with E-state index in [4.69, 9.17) is 0 Å². The smallest absolute Gasteiger partial charge is 0.232 e. The largest absolute Gasteiger partial charge is 0.331 e. The monoisotopic (exact) mass is 270 g/mol. The molecule has 20 heavy (non-hydrogen) atoms. The molecular formula is C16H18N2O2. The molecule has 1 aliphatic carbocycles. The fourth-order valence-electron chi connectivity index (χ4n) is 3.36. The summed E-state index contributed by atoms with van der Waals surface area (Å²) in [5.74, 6) is -0.433. The first-order valence-electron chi connectivity index (χ1n) is 6.88. The van der Waals surface area contributed by atoms with Gasteiger partial charge in [-0.15, -0.1) is 13.2 Å². The SMILES string of the molecule is C=CCN1C(=O)[C@@H]2C=C[C@H]1[C@@H]1C=C[C@@H]2N(CC=C)C1=O. The third kappa shape index (κ3) is 1.68. The van der Waals surface area contributed by atoms with Crippen LogP contribution >= 0.6 is 0 Å². The first-order valence-corrected chi connectivity index (χ1v) is 6.88. The van der Waals surface area contributed by atoms with Crippen LogP contribution in [0, 0.1) is 11.8 Å². The molecule has 5 aliphatic heterocycles. The van der Waals surface area contributed by atoms with E-state index in [9.17, 15) is 9.59 Å². The van der Waals surface area contributed by atoms with Crippen LogP contribution in [0.5, 0.6) is 0 Å². The van der Waals surface area contributed by atoms with Crippen molar-refractivity contribution in [1.82, 2.24) is 9.80 Å². The number of hydrogen-bond acceptors (Lipinski definition) is 2. The lowest BCUT2D eigenvalue weighted by Gasteiger charge is -2.49. The van der Waals surface area contributed by atoms with Crippen LogP contribution in [0.4, 0.5) is 0 Å². The van der Waals surface area contributed by atoms with Crippen molar-refractivity contribution in [2.45, 2.75) is 12.1 Å². The van der Waals surface area contributed by atoms with Gasteiger partial charge in [-0.1, -0.05) is 36.5 Å². The summed E-state index contributed by atoms with van der Waals surface area (Å²) < 4.78 is 0. The summed E-state index contributed by atoms with van der Waals surface area (Å²) in [6.45, 7) is 8.38. The number of amides is 2. The van der Waals surface area contributed by atoms with Gasteiger partial charge in [0.2, 0.25) is 11.8 Å². The molecule has 2 amide bonds. The van der Waals surface area contributed by atoms with E-state index in [0.717, 1.165) is 0 Å². The quantitative estimate of drug-likeness (QED) is 0.719. The Hall–Kier alpha value is -2.10. The number of rotatable bonds is 4. The molecule has 104 valence electrons. The normalized spacial score (nSPS) is 34.4. The molecule has 1 saturated heterocycles. The maximum Gasteiger partial charge on any atom is 0.232 e. The van der Waals surface area contributed by atoms with Gasteiger partial charge in [0.15, 0.2) is 0 Å². The predicted molar refractivity (Wildman–Crippen MR) is 76.7 cm³/mol. The Balaban J connectivity index is 2.06. The van der Waals surface area contributed by atoms with Crippen LogP contribution in [0.15, 0.2) is 49.6 Å². The molecule has 4 atom stereocenters. The van der Waals surface area contributed by atoms with Gasteiger partial charge in [0.25, 0.3) is 0 Å². The van der Waals surface area contributed by atoms with E-state index < -0.39 is 0 Å². The zero-order valence-corrected chi connectivity index (χ0v) is 11.3. The van der Waals surface area contributed by atoms with Crippen LogP contribution < -0.4 is 0 Å². The van der Waals surface area contributed by atoms with Crippen LogP contribution in [0.3, 0.4) is 0 Å². The molecular weight excluding hydrogens is 252 g/mol. The van der Waals surface area contributed by atoms with Gasteiger partial charge in [0.1, 0.15) is 0 Å². The second-order valence-corrected chi connectivity index (χ2v) is 5.36. The van der Waals surface area contributed by atoms with Crippen LogP contribution in [-0.2, 0) is 9.59 Å². The van der Waals surface area contributed by atoms with Crippen molar-refractivity contribution in [2.75, 3.05) is 13.1 Å². The molecule has 5 heterocycles. The Morgan fingerprint density at radius 2 is 1.25 bits per heavy atom. The van der Waals surface area contributed by atoms with Gasteiger partial charge in [-0.2, -0.15) is 0 Å². The van der Waals surface area contributed by atoms with Gasteiger partial charge in [0.05, 0.1) is 23.9 Å². The van der Waals surface area contributed by atoms with Crippen molar-refractivity contribution in [1.29, 1.82) is 0 Å². The first-order chi connectivity index (χ1) is 9.69. The molecule has 4 bridgehead atoms. The van der Waals surface area contributed by atoms with Crippen LogP contribution in [-0.4, -0.2) is 46.8 Å². The number of nitrogens with zero attached hydrogens (tertiary/aromatic N) is 2. The van der Waals surface area contributed by atoms with Gasteiger partial charge >= 0.3 is 0 Å². The zero-order chi connectivity index (χ0) is 14.3. The Morgan fingerprint density at radius 3 is 1.60 bits per heavy atom. The molecule has 1 fully saturated rings. The second-order valence-electron chi connectivity index (χ2n) is 5.36. The maximum absolute atomic E-state index is 12.6. The summed E-state index contributed by atoms with van der Waals surface area (Å²) >= 11 is 0. The highest BCUT2D eigenvalue weighted by Gasteiger charge is 2.48. The fraction of sp³-hybridized carbons (Fsp3) is 0.375. The third-order valence-corrected chi connectivity index (χ3v) is 4.27. The van der Waals surface area contributed by atoms with Crippen molar-refractivity contribution in [3.8, 4) is 0 Å². The first kappa shape index (κ1) is 12.9. The van der Waals surface area contributed by atoms with Crippen molar-refractivity contribution >= 4 is 11.8 Å². The highest BCUT2D eigenvalue weighted by molar-refractivity contribution is 5.91. The van der Waals surface area contributed by atoms with Gasteiger partial charge in [0, 0.05) is 13.1 Å². The van der Waals surface area contributed by atoms with Crippen molar-refractivity contribution in [3.05, 3.63) is 49.6 Å². The molecule has 0 unspecified atom stereocenters. The minimum Gasteiger partial charge on any atom is -0.331 e. The summed E-state index contributed by atoms with van der Waals surface area (Å²) in [6, 6.07) is -0.400. The molecule has 0 saturated carbocycles. The summed E-state index contributed by atoms with van der Waals surface area (Å²) in [5.41, 5.74) is 0.